The van der Waals surface area contributed by atoms with E-state index in [2.05, 4.69) is 25.6 Å². The van der Waals surface area contributed by atoms with Gasteiger partial charge in [0.15, 0.2) is 0 Å². The first kappa shape index (κ1) is 25.9. The molecule has 8 nitrogen and oxygen atoms in total. The quantitative estimate of drug-likeness (QED) is 0.451. The van der Waals surface area contributed by atoms with E-state index in [-0.39, 0.29) is 35.2 Å². The number of rotatable bonds is 7. The molecule has 13 heteroatoms. The number of carbonyl (C=O) groups excluding carboxylic acids is 1. The maximum Gasteiger partial charge on any atom is 0.451 e. The highest BCUT2D eigenvalue weighted by Gasteiger charge is 2.34. The molecule has 36 heavy (non-hydrogen) atoms. The van der Waals surface area contributed by atoms with E-state index in [0.717, 1.165) is 23.8 Å². The van der Waals surface area contributed by atoms with Crippen LogP contribution >= 0.6 is 11.3 Å². The maximum absolute atomic E-state index is 15.5. The van der Waals surface area contributed by atoms with Crippen LogP contribution < -0.4 is 15.4 Å². The minimum absolute atomic E-state index is 0.101. The summed E-state index contributed by atoms with van der Waals surface area (Å²) in [6, 6.07) is 1.96. The highest BCUT2D eigenvalue weighted by atomic mass is 32.1. The van der Waals surface area contributed by atoms with Gasteiger partial charge in [-0.2, -0.15) is 13.2 Å². The van der Waals surface area contributed by atoms with E-state index in [1.807, 2.05) is 6.92 Å². The predicted octanol–water partition coefficient (Wildman–Crippen LogP) is 3.92. The van der Waals surface area contributed by atoms with Gasteiger partial charge in [-0.15, -0.1) is 11.3 Å². The summed E-state index contributed by atoms with van der Waals surface area (Å²) in [5, 5.41) is 6.15. The Hall–Kier alpha value is -3.16. The van der Waals surface area contributed by atoms with Crippen molar-refractivity contribution in [2.75, 3.05) is 26.3 Å². The third-order valence-electron chi connectivity index (χ3n) is 5.36. The van der Waals surface area contributed by atoms with Gasteiger partial charge in [0, 0.05) is 42.1 Å². The number of amides is 1. The molecular weight excluding hydrogens is 502 g/mol. The normalized spacial score (nSPS) is 17.0. The van der Waals surface area contributed by atoms with Crippen molar-refractivity contribution in [3.05, 3.63) is 58.4 Å². The Balaban J connectivity index is 1.57. The second kappa shape index (κ2) is 10.8. The van der Waals surface area contributed by atoms with Crippen molar-refractivity contribution in [2.45, 2.75) is 32.2 Å². The van der Waals surface area contributed by atoms with E-state index in [1.54, 1.807) is 6.20 Å². The van der Waals surface area contributed by atoms with E-state index in [4.69, 9.17) is 9.47 Å². The average Bonchev–Trinajstić information content (AvgIpc) is 3.29. The molecule has 4 rings (SSSR count). The SMILES string of the molecule is Cc1cnc(-c2cc(OCC3CNCCO3)cc(C(=O)N[C@H](C)c3cnc(C(F)(F)F)nc3)c2F)s1. The monoisotopic (exact) mass is 525 g/mol. The molecule has 2 atom stereocenters. The Morgan fingerprint density at radius 3 is 2.64 bits per heavy atom. The van der Waals surface area contributed by atoms with Gasteiger partial charge < -0.3 is 20.1 Å². The summed E-state index contributed by atoms with van der Waals surface area (Å²) < 4.78 is 65.1. The third kappa shape index (κ3) is 6.15. The lowest BCUT2D eigenvalue weighted by atomic mass is 10.1. The number of morpholine rings is 1. The Bertz CT molecular complexity index is 1210. The van der Waals surface area contributed by atoms with Gasteiger partial charge in [-0.1, -0.05) is 0 Å². The molecule has 192 valence electrons. The zero-order chi connectivity index (χ0) is 25.9. The first-order valence-corrected chi connectivity index (χ1v) is 11.8. The van der Waals surface area contributed by atoms with Crippen molar-refractivity contribution >= 4 is 17.2 Å². The summed E-state index contributed by atoms with van der Waals surface area (Å²) in [4.78, 5) is 24.7. The topological polar surface area (TPSA) is 98.3 Å². The van der Waals surface area contributed by atoms with E-state index in [9.17, 15) is 18.0 Å². The van der Waals surface area contributed by atoms with Crippen molar-refractivity contribution < 1.29 is 31.8 Å². The summed E-state index contributed by atoms with van der Waals surface area (Å²) in [5.74, 6) is -2.61. The minimum atomic E-state index is -4.68. The zero-order valence-corrected chi connectivity index (χ0v) is 20.2. The van der Waals surface area contributed by atoms with Crippen LogP contribution in [0.1, 0.15) is 39.6 Å². The van der Waals surface area contributed by atoms with Crippen LogP contribution in [0.3, 0.4) is 0 Å². The molecule has 1 saturated heterocycles. The fourth-order valence-corrected chi connectivity index (χ4v) is 4.24. The summed E-state index contributed by atoms with van der Waals surface area (Å²) in [6.45, 7) is 5.43. The smallest absolute Gasteiger partial charge is 0.451 e. The number of alkyl halides is 3. The van der Waals surface area contributed by atoms with Crippen molar-refractivity contribution in [1.82, 2.24) is 25.6 Å². The largest absolute Gasteiger partial charge is 0.491 e. The fourth-order valence-electron chi connectivity index (χ4n) is 3.46. The number of aromatic nitrogens is 3. The summed E-state index contributed by atoms with van der Waals surface area (Å²) in [7, 11) is 0. The van der Waals surface area contributed by atoms with Gasteiger partial charge in [0.05, 0.1) is 23.8 Å². The lowest BCUT2D eigenvalue weighted by Gasteiger charge is -2.24. The molecule has 0 radical (unpaired) electrons. The highest BCUT2D eigenvalue weighted by molar-refractivity contribution is 7.14. The molecule has 1 aromatic carbocycles. The van der Waals surface area contributed by atoms with Gasteiger partial charge in [0.1, 0.15) is 29.3 Å². The number of benzene rings is 1. The molecule has 0 bridgehead atoms. The first-order valence-electron chi connectivity index (χ1n) is 11.0. The Morgan fingerprint density at radius 2 is 2.03 bits per heavy atom. The first-order chi connectivity index (χ1) is 17.1. The molecule has 1 fully saturated rings. The molecule has 0 spiro atoms. The van der Waals surface area contributed by atoms with Crippen LogP contribution in [0, 0.1) is 12.7 Å². The number of ether oxygens (including phenoxy) is 2. The number of nitrogens with zero attached hydrogens (tertiary/aromatic N) is 3. The fraction of sp³-hybridized carbons (Fsp3) is 0.391. The molecule has 1 aliphatic heterocycles. The summed E-state index contributed by atoms with van der Waals surface area (Å²) in [6.07, 6.45) is -1.35. The molecule has 3 heterocycles. The molecular formula is C23H23F4N5O3S. The number of aryl methyl sites for hydroxylation is 1. The molecule has 3 aromatic rings. The van der Waals surface area contributed by atoms with E-state index in [1.165, 1.54) is 30.4 Å². The number of hydrogen-bond acceptors (Lipinski definition) is 8. The van der Waals surface area contributed by atoms with E-state index < -0.39 is 29.8 Å². The standard InChI is InChI=1S/C23H23F4N5O3S/c1-12-7-29-21(36-12)18-6-15(35-11-16-10-28-3-4-34-16)5-17(19(18)24)20(33)32-13(2)14-8-30-22(31-9-14)23(25,26)27/h5-9,13,16,28H,3-4,10-11H2,1-2H3,(H,32,33)/t13-,16?/m1/s1. The molecule has 0 aliphatic carbocycles. The molecule has 2 aromatic heterocycles. The van der Waals surface area contributed by atoms with Crippen LogP contribution in [0.4, 0.5) is 17.6 Å². The number of hydrogen-bond donors (Lipinski definition) is 2. The van der Waals surface area contributed by atoms with Crippen LogP contribution in [0.25, 0.3) is 10.6 Å². The van der Waals surface area contributed by atoms with Crippen molar-refractivity contribution in [1.29, 1.82) is 0 Å². The van der Waals surface area contributed by atoms with Gasteiger partial charge in [-0.3, -0.25) is 4.79 Å². The second-order valence-corrected chi connectivity index (χ2v) is 9.38. The van der Waals surface area contributed by atoms with Gasteiger partial charge in [-0.25, -0.2) is 19.3 Å². The minimum Gasteiger partial charge on any atom is -0.491 e. The van der Waals surface area contributed by atoms with Crippen LogP contribution in [0.15, 0.2) is 30.7 Å². The van der Waals surface area contributed by atoms with Crippen LogP contribution in [-0.2, 0) is 10.9 Å². The number of thiazole rings is 1. The van der Waals surface area contributed by atoms with Gasteiger partial charge >= 0.3 is 6.18 Å². The van der Waals surface area contributed by atoms with Crippen LogP contribution in [-0.4, -0.2) is 53.3 Å². The number of nitrogens with one attached hydrogen (secondary N) is 2. The number of halogens is 4. The molecule has 1 unspecified atom stereocenters. The van der Waals surface area contributed by atoms with Crippen LogP contribution in [0.5, 0.6) is 5.75 Å². The van der Waals surface area contributed by atoms with Gasteiger partial charge in [-0.05, 0) is 26.0 Å². The lowest BCUT2D eigenvalue weighted by molar-refractivity contribution is -0.145. The van der Waals surface area contributed by atoms with Gasteiger partial charge in [0.25, 0.3) is 5.91 Å². The maximum atomic E-state index is 15.5. The van der Waals surface area contributed by atoms with Crippen molar-refractivity contribution in [3.63, 3.8) is 0 Å². The third-order valence-corrected chi connectivity index (χ3v) is 6.30. The highest BCUT2D eigenvalue weighted by Crippen LogP contribution is 2.33. The average molecular weight is 526 g/mol. The predicted molar refractivity (Wildman–Crippen MR) is 123 cm³/mol. The zero-order valence-electron chi connectivity index (χ0n) is 19.4. The van der Waals surface area contributed by atoms with E-state index in [0.29, 0.717) is 18.2 Å². The van der Waals surface area contributed by atoms with Crippen molar-refractivity contribution in [2.24, 2.45) is 0 Å². The summed E-state index contributed by atoms with van der Waals surface area (Å²) in [5.41, 5.74) is 0.0311. The Labute approximate surface area is 208 Å². The molecule has 2 N–H and O–H groups in total. The number of carbonyl (C=O) groups is 1. The Kier molecular flexibility index (Phi) is 7.81. The second-order valence-electron chi connectivity index (χ2n) is 8.15. The molecule has 1 aliphatic rings. The Morgan fingerprint density at radius 1 is 1.28 bits per heavy atom. The van der Waals surface area contributed by atoms with Crippen molar-refractivity contribution in [3.8, 4) is 16.3 Å². The summed E-state index contributed by atoms with van der Waals surface area (Å²) >= 11 is 1.26. The lowest BCUT2D eigenvalue weighted by Crippen LogP contribution is -2.41. The van der Waals surface area contributed by atoms with Gasteiger partial charge in [0.2, 0.25) is 5.82 Å². The molecule has 0 saturated carbocycles. The molecule has 1 amide bonds. The van der Waals surface area contributed by atoms with E-state index >= 15 is 4.39 Å². The van der Waals surface area contributed by atoms with Crippen LogP contribution in [0.2, 0.25) is 0 Å².